The Bertz CT molecular complexity index is 469. The van der Waals surface area contributed by atoms with Gasteiger partial charge in [0.2, 0.25) is 0 Å². The van der Waals surface area contributed by atoms with Crippen molar-refractivity contribution in [3.05, 3.63) is 29.6 Å². The smallest absolute Gasteiger partial charge is 0.419 e. The Kier molecular flexibility index (Phi) is 5.28. The maximum absolute atomic E-state index is 13.8. The quantitative estimate of drug-likeness (QED) is 0.820. The lowest BCUT2D eigenvalue weighted by molar-refractivity contribution is -0.258. The molecule has 3 N–H and O–H groups in total. The highest BCUT2D eigenvalue weighted by molar-refractivity contribution is 7.98. The van der Waals surface area contributed by atoms with Crippen LogP contribution in [0, 0.1) is 5.82 Å². The molecule has 0 aliphatic heterocycles. The van der Waals surface area contributed by atoms with E-state index in [1.54, 1.807) is 0 Å². The van der Waals surface area contributed by atoms with E-state index in [1.165, 1.54) is 19.4 Å². The molecule has 20 heavy (non-hydrogen) atoms. The molecule has 2 atom stereocenters. The summed E-state index contributed by atoms with van der Waals surface area (Å²) in [5.74, 6) is -1.50. The van der Waals surface area contributed by atoms with Crippen molar-refractivity contribution >= 4 is 11.8 Å². The van der Waals surface area contributed by atoms with Crippen LogP contribution in [-0.2, 0) is 0 Å². The van der Waals surface area contributed by atoms with E-state index in [1.807, 2.05) is 0 Å². The zero-order valence-electron chi connectivity index (χ0n) is 10.9. The molecule has 0 fully saturated rings. The van der Waals surface area contributed by atoms with Crippen molar-refractivity contribution in [1.82, 2.24) is 0 Å². The Hall–Kier alpha value is -0.990. The molecular formula is C12H15F4NO2S. The second-order valence-corrected chi connectivity index (χ2v) is 5.09. The molecule has 1 aromatic rings. The summed E-state index contributed by atoms with van der Waals surface area (Å²) in [6.45, 7) is 0. The molecule has 114 valence electrons. The highest BCUT2D eigenvalue weighted by atomic mass is 32.2. The van der Waals surface area contributed by atoms with Gasteiger partial charge >= 0.3 is 6.18 Å². The first-order valence-electron chi connectivity index (χ1n) is 5.54. The summed E-state index contributed by atoms with van der Waals surface area (Å²) in [7, 11) is 1.30. The molecule has 0 heterocycles. The zero-order valence-corrected chi connectivity index (χ0v) is 11.7. The minimum Gasteiger partial charge on any atom is -0.497 e. The van der Waals surface area contributed by atoms with E-state index >= 15 is 0 Å². The molecule has 0 amide bonds. The molecule has 8 heteroatoms. The molecule has 0 aliphatic carbocycles. The fourth-order valence-corrected chi connectivity index (χ4v) is 2.50. The number of benzene rings is 1. The fourth-order valence-electron chi connectivity index (χ4n) is 1.71. The number of ether oxygens (including phenoxy) is 1. The summed E-state index contributed by atoms with van der Waals surface area (Å²) in [5.41, 5.74) is 1.85. The van der Waals surface area contributed by atoms with Crippen LogP contribution >= 0.6 is 11.8 Å². The SMILES string of the molecule is COc1ccc(C(N)C(O)(CSC)C(F)(F)F)c(F)c1. The van der Waals surface area contributed by atoms with E-state index < -0.39 is 35.0 Å². The third kappa shape index (κ3) is 3.18. The monoisotopic (exact) mass is 313 g/mol. The van der Waals surface area contributed by atoms with Gasteiger partial charge in [0, 0.05) is 17.4 Å². The van der Waals surface area contributed by atoms with Gasteiger partial charge in [-0.25, -0.2) is 4.39 Å². The van der Waals surface area contributed by atoms with Crippen molar-refractivity contribution in [3.8, 4) is 5.75 Å². The van der Waals surface area contributed by atoms with Crippen LogP contribution in [-0.4, -0.2) is 36.0 Å². The normalized spacial score (nSPS) is 16.6. The van der Waals surface area contributed by atoms with E-state index in [2.05, 4.69) is 0 Å². The number of methoxy groups -OCH3 is 1. The van der Waals surface area contributed by atoms with Gasteiger partial charge in [-0.15, -0.1) is 0 Å². The molecule has 0 spiro atoms. The lowest BCUT2D eigenvalue weighted by Crippen LogP contribution is -2.55. The summed E-state index contributed by atoms with van der Waals surface area (Å²) in [6, 6.07) is 1.36. The number of hydrogen-bond acceptors (Lipinski definition) is 4. The molecule has 0 aliphatic rings. The summed E-state index contributed by atoms with van der Waals surface area (Å²) >= 11 is 0.775. The molecule has 0 saturated carbocycles. The number of rotatable bonds is 5. The summed E-state index contributed by atoms with van der Waals surface area (Å²) in [6.07, 6.45) is -3.57. The fraction of sp³-hybridized carbons (Fsp3) is 0.500. The van der Waals surface area contributed by atoms with E-state index in [0.29, 0.717) is 0 Å². The van der Waals surface area contributed by atoms with Gasteiger partial charge in [-0.2, -0.15) is 24.9 Å². The van der Waals surface area contributed by atoms with Crippen molar-refractivity contribution in [2.75, 3.05) is 19.1 Å². The lowest BCUT2D eigenvalue weighted by atomic mass is 9.89. The van der Waals surface area contributed by atoms with E-state index in [0.717, 1.165) is 23.9 Å². The van der Waals surface area contributed by atoms with Crippen LogP contribution in [0.1, 0.15) is 11.6 Å². The van der Waals surface area contributed by atoms with Crippen molar-refractivity contribution in [1.29, 1.82) is 0 Å². The third-order valence-corrected chi connectivity index (χ3v) is 3.64. The first-order chi connectivity index (χ1) is 9.17. The average molecular weight is 313 g/mol. The van der Waals surface area contributed by atoms with Gasteiger partial charge in [-0.3, -0.25) is 0 Å². The van der Waals surface area contributed by atoms with Gasteiger partial charge in [0.1, 0.15) is 11.6 Å². The molecule has 0 aromatic heterocycles. The van der Waals surface area contributed by atoms with Crippen LogP contribution in [0.15, 0.2) is 18.2 Å². The number of halogens is 4. The van der Waals surface area contributed by atoms with Gasteiger partial charge in [0.25, 0.3) is 0 Å². The van der Waals surface area contributed by atoms with Crippen LogP contribution in [0.4, 0.5) is 17.6 Å². The Morgan fingerprint density at radius 1 is 1.40 bits per heavy atom. The van der Waals surface area contributed by atoms with Gasteiger partial charge in [0.15, 0.2) is 5.60 Å². The standard InChI is InChI=1S/C12H15F4NO2S/c1-19-7-3-4-8(9(13)5-7)10(17)11(18,6-20-2)12(14,15)16/h3-5,10,18H,6,17H2,1-2H3. The van der Waals surface area contributed by atoms with Crippen molar-refractivity contribution in [2.24, 2.45) is 5.73 Å². The molecular weight excluding hydrogens is 298 g/mol. The van der Waals surface area contributed by atoms with E-state index in [9.17, 15) is 22.7 Å². The number of nitrogens with two attached hydrogens (primary N) is 1. The Morgan fingerprint density at radius 2 is 2.00 bits per heavy atom. The van der Waals surface area contributed by atoms with Crippen LogP contribution in [0.2, 0.25) is 0 Å². The Morgan fingerprint density at radius 3 is 2.40 bits per heavy atom. The first kappa shape index (κ1) is 17.1. The average Bonchev–Trinajstić information content (AvgIpc) is 2.36. The predicted octanol–water partition coefficient (Wildman–Crippen LogP) is 2.49. The number of aliphatic hydroxyl groups is 1. The molecule has 1 rings (SSSR count). The van der Waals surface area contributed by atoms with Crippen molar-refractivity contribution in [3.63, 3.8) is 0 Å². The Balaban J connectivity index is 3.23. The summed E-state index contributed by atoms with van der Waals surface area (Å²) < 4.78 is 57.6. The van der Waals surface area contributed by atoms with Crippen LogP contribution < -0.4 is 10.5 Å². The predicted molar refractivity (Wildman–Crippen MR) is 69.3 cm³/mol. The molecule has 0 bridgehead atoms. The van der Waals surface area contributed by atoms with E-state index in [4.69, 9.17) is 10.5 Å². The zero-order chi connectivity index (χ0) is 15.6. The van der Waals surface area contributed by atoms with Gasteiger partial charge in [-0.1, -0.05) is 6.07 Å². The molecule has 1 aromatic carbocycles. The van der Waals surface area contributed by atoms with Gasteiger partial charge < -0.3 is 15.6 Å². The number of thioether (sulfide) groups is 1. The largest absolute Gasteiger partial charge is 0.497 e. The van der Waals surface area contributed by atoms with Gasteiger partial charge in [-0.05, 0) is 12.3 Å². The lowest BCUT2D eigenvalue weighted by Gasteiger charge is -2.35. The highest BCUT2D eigenvalue weighted by Crippen LogP contribution is 2.41. The molecule has 2 unspecified atom stereocenters. The Labute approximate surface area is 118 Å². The third-order valence-electron chi connectivity index (χ3n) is 2.91. The maximum Gasteiger partial charge on any atom is 0.419 e. The maximum atomic E-state index is 13.8. The molecule has 0 saturated heterocycles. The van der Waals surface area contributed by atoms with Crippen LogP contribution in [0.5, 0.6) is 5.75 Å². The van der Waals surface area contributed by atoms with Gasteiger partial charge in [0.05, 0.1) is 13.2 Å². The molecule has 3 nitrogen and oxygen atoms in total. The minimum absolute atomic E-state index is 0.152. The molecule has 0 radical (unpaired) electrons. The summed E-state index contributed by atoms with van der Waals surface area (Å²) in [4.78, 5) is 0. The van der Waals surface area contributed by atoms with Crippen molar-refractivity contribution in [2.45, 2.75) is 17.8 Å². The topological polar surface area (TPSA) is 55.5 Å². The highest BCUT2D eigenvalue weighted by Gasteiger charge is 2.58. The summed E-state index contributed by atoms with van der Waals surface area (Å²) in [5, 5.41) is 9.85. The minimum atomic E-state index is -4.97. The van der Waals surface area contributed by atoms with Crippen LogP contribution in [0.3, 0.4) is 0 Å². The number of hydrogen-bond donors (Lipinski definition) is 2. The second kappa shape index (κ2) is 6.19. The van der Waals surface area contributed by atoms with Crippen LogP contribution in [0.25, 0.3) is 0 Å². The second-order valence-electron chi connectivity index (χ2n) is 4.22. The number of alkyl halides is 3. The first-order valence-corrected chi connectivity index (χ1v) is 6.93. The van der Waals surface area contributed by atoms with E-state index in [-0.39, 0.29) is 5.75 Å². The van der Waals surface area contributed by atoms with Crippen molar-refractivity contribution < 1.29 is 27.4 Å².